The Morgan fingerprint density at radius 2 is 2.32 bits per heavy atom. The van der Waals surface area contributed by atoms with Gasteiger partial charge in [0, 0.05) is 25.2 Å². The van der Waals surface area contributed by atoms with Crippen LogP contribution in [0.3, 0.4) is 0 Å². The van der Waals surface area contributed by atoms with Gasteiger partial charge in [-0.05, 0) is 43.8 Å². The summed E-state index contributed by atoms with van der Waals surface area (Å²) in [7, 11) is 0. The first-order chi connectivity index (χ1) is 9.19. The highest BCUT2D eigenvalue weighted by molar-refractivity contribution is 5.34. The van der Waals surface area contributed by atoms with Gasteiger partial charge in [0.15, 0.2) is 0 Å². The van der Waals surface area contributed by atoms with Crippen molar-refractivity contribution in [3.05, 3.63) is 39.9 Å². The Balaban J connectivity index is 1.96. The molecule has 0 bridgehead atoms. The maximum absolute atomic E-state index is 10.8. The molecule has 0 amide bonds. The van der Waals surface area contributed by atoms with Crippen LogP contribution in [-0.4, -0.2) is 29.5 Å². The lowest BCUT2D eigenvalue weighted by atomic mass is 9.94. The first-order valence-corrected chi connectivity index (χ1v) is 6.85. The van der Waals surface area contributed by atoms with Crippen LogP contribution in [0.1, 0.15) is 24.8 Å². The number of hydrogen-bond donors (Lipinski definition) is 1. The van der Waals surface area contributed by atoms with Gasteiger partial charge in [0.1, 0.15) is 0 Å². The normalized spacial score (nSPS) is 20.4. The fourth-order valence-corrected chi connectivity index (χ4v) is 2.79. The zero-order chi connectivity index (χ0) is 13.7. The van der Waals surface area contributed by atoms with Crippen molar-refractivity contribution in [3.8, 4) is 0 Å². The second-order valence-electron chi connectivity index (χ2n) is 5.25. The maximum Gasteiger partial charge on any atom is 0.269 e. The third-order valence-electron chi connectivity index (χ3n) is 3.71. The van der Waals surface area contributed by atoms with Crippen molar-refractivity contribution in [3.63, 3.8) is 0 Å². The number of nitrogens with two attached hydrogens (primary N) is 1. The third kappa shape index (κ3) is 4.01. The lowest BCUT2D eigenvalue weighted by Crippen LogP contribution is -2.35. The molecule has 1 aliphatic heterocycles. The highest BCUT2D eigenvalue weighted by Crippen LogP contribution is 2.22. The van der Waals surface area contributed by atoms with Gasteiger partial charge in [-0.2, -0.15) is 0 Å². The molecule has 0 saturated carbocycles. The van der Waals surface area contributed by atoms with Crippen molar-refractivity contribution in [2.24, 2.45) is 11.7 Å². The van der Waals surface area contributed by atoms with Crippen molar-refractivity contribution in [1.29, 1.82) is 0 Å². The minimum Gasteiger partial charge on any atom is -0.330 e. The van der Waals surface area contributed by atoms with Gasteiger partial charge in [-0.15, -0.1) is 0 Å². The van der Waals surface area contributed by atoms with E-state index in [1.807, 2.05) is 6.07 Å². The monoisotopic (exact) mass is 263 g/mol. The number of nitrogens with zero attached hydrogens (tertiary/aromatic N) is 2. The Kier molecular flexibility index (Phi) is 4.87. The van der Waals surface area contributed by atoms with Crippen LogP contribution in [0.25, 0.3) is 0 Å². The molecule has 0 aliphatic carbocycles. The van der Waals surface area contributed by atoms with Crippen LogP contribution in [-0.2, 0) is 6.54 Å². The van der Waals surface area contributed by atoms with Gasteiger partial charge in [0.2, 0.25) is 0 Å². The minimum absolute atomic E-state index is 0.174. The summed E-state index contributed by atoms with van der Waals surface area (Å²) >= 11 is 0. The first kappa shape index (κ1) is 14.0. The Hall–Kier alpha value is -1.46. The van der Waals surface area contributed by atoms with E-state index in [4.69, 9.17) is 5.73 Å². The van der Waals surface area contributed by atoms with Crippen LogP contribution < -0.4 is 5.73 Å². The lowest BCUT2D eigenvalue weighted by Gasteiger charge is -2.32. The average Bonchev–Trinajstić information content (AvgIpc) is 2.40. The molecule has 1 fully saturated rings. The molecule has 1 saturated heterocycles. The highest BCUT2D eigenvalue weighted by Gasteiger charge is 2.19. The smallest absolute Gasteiger partial charge is 0.269 e. The van der Waals surface area contributed by atoms with E-state index >= 15 is 0 Å². The number of non-ortho nitro benzene ring substituents is 1. The quantitative estimate of drug-likeness (QED) is 0.652. The number of hydrogen-bond acceptors (Lipinski definition) is 4. The van der Waals surface area contributed by atoms with Crippen LogP contribution in [0.5, 0.6) is 0 Å². The molecule has 1 aromatic rings. The summed E-state index contributed by atoms with van der Waals surface area (Å²) in [4.78, 5) is 12.8. The second-order valence-corrected chi connectivity index (χ2v) is 5.25. The number of benzene rings is 1. The van der Waals surface area contributed by atoms with Gasteiger partial charge in [0.05, 0.1) is 4.92 Å². The van der Waals surface area contributed by atoms with Gasteiger partial charge in [0.25, 0.3) is 5.69 Å². The first-order valence-electron chi connectivity index (χ1n) is 6.85. The largest absolute Gasteiger partial charge is 0.330 e. The van der Waals surface area contributed by atoms with E-state index in [2.05, 4.69) is 4.90 Å². The Morgan fingerprint density at radius 3 is 3.05 bits per heavy atom. The molecule has 2 rings (SSSR count). The van der Waals surface area contributed by atoms with Gasteiger partial charge in [-0.1, -0.05) is 12.1 Å². The van der Waals surface area contributed by atoms with Gasteiger partial charge in [-0.25, -0.2) is 0 Å². The minimum atomic E-state index is -0.336. The molecule has 1 unspecified atom stereocenters. The lowest BCUT2D eigenvalue weighted by molar-refractivity contribution is -0.384. The highest BCUT2D eigenvalue weighted by atomic mass is 16.6. The van der Waals surface area contributed by atoms with Crippen molar-refractivity contribution in [2.75, 3.05) is 19.6 Å². The van der Waals surface area contributed by atoms with Crippen LogP contribution in [0, 0.1) is 16.0 Å². The second kappa shape index (κ2) is 6.63. The van der Waals surface area contributed by atoms with Crippen molar-refractivity contribution >= 4 is 5.69 Å². The topological polar surface area (TPSA) is 72.4 Å². The molecule has 1 atom stereocenters. The molecule has 19 heavy (non-hydrogen) atoms. The standard InChI is InChI=1S/C14H21N3O2/c15-7-6-12-4-2-8-16(10-12)11-13-3-1-5-14(9-13)17(18)19/h1,3,5,9,12H,2,4,6-8,10-11,15H2. The molecular weight excluding hydrogens is 242 g/mol. The molecular formula is C14H21N3O2. The summed E-state index contributed by atoms with van der Waals surface area (Å²) < 4.78 is 0. The third-order valence-corrected chi connectivity index (χ3v) is 3.71. The molecule has 1 heterocycles. The van der Waals surface area contributed by atoms with Gasteiger partial charge >= 0.3 is 0 Å². The zero-order valence-electron chi connectivity index (χ0n) is 11.1. The summed E-state index contributed by atoms with van der Waals surface area (Å²) in [5, 5.41) is 10.8. The van der Waals surface area contributed by atoms with Crippen molar-refractivity contribution in [2.45, 2.75) is 25.8 Å². The van der Waals surface area contributed by atoms with Crippen LogP contribution in [0.15, 0.2) is 24.3 Å². The van der Waals surface area contributed by atoms with E-state index in [0.717, 1.165) is 38.2 Å². The molecule has 1 aliphatic rings. The van der Waals surface area contributed by atoms with E-state index in [0.29, 0.717) is 5.92 Å². The molecule has 2 N–H and O–H groups in total. The summed E-state index contributed by atoms with van der Waals surface area (Å²) in [5.74, 6) is 0.678. The zero-order valence-corrected chi connectivity index (χ0v) is 11.1. The number of rotatable bonds is 5. The van der Waals surface area contributed by atoms with Crippen molar-refractivity contribution < 1.29 is 4.92 Å². The average molecular weight is 263 g/mol. The molecule has 1 aromatic carbocycles. The van der Waals surface area contributed by atoms with Gasteiger partial charge in [-0.3, -0.25) is 15.0 Å². The van der Waals surface area contributed by atoms with Crippen LogP contribution >= 0.6 is 0 Å². The molecule has 5 nitrogen and oxygen atoms in total. The van der Waals surface area contributed by atoms with Crippen LogP contribution in [0.2, 0.25) is 0 Å². The SMILES string of the molecule is NCCC1CCCN(Cc2cccc([N+](=O)[O-])c2)C1. The summed E-state index contributed by atoms with van der Waals surface area (Å²) in [5.41, 5.74) is 6.81. The predicted molar refractivity (Wildman–Crippen MR) is 74.8 cm³/mol. The molecule has 104 valence electrons. The van der Waals surface area contributed by atoms with E-state index in [-0.39, 0.29) is 10.6 Å². The Labute approximate surface area is 113 Å². The Morgan fingerprint density at radius 1 is 1.47 bits per heavy atom. The van der Waals surface area contributed by atoms with E-state index in [9.17, 15) is 10.1 Å². The number of piperidine rings is 1. The summed E-state index contributed by atoms with van der Waals surface area (Å²) in [6, 6.07) is 6.93. The Bertz CT molecular complexity index is 434. The number of nitro groups is 1. The fourth-order valence-electron chi connectivity index (χ4n) is 2.79. The van der Waals surface area contributed by atoms with Crippen molar-refractivity contribution in [1.82, 2.24) is 4.90 Å². The fraction of sp³-hybridized carbons (Fsp3) is 0.571. The predicted octanol–water partition coefficient (Wildman–Crippen LogP) is 2.16. The van der Waals surface area contributed by atoms with E-state index < -0.39 is 0 Å². The summed E-state index contributed by atoms with van der Waals surface area (Å²) in [6.07, 6.45) is 3.52. The molecule has 0 aromatic heterocycles. The molecule has 0 radical (unpaired) electrons. The molecule has 5 heteroatoms. The van der Waals surface area contributed by atoms with Gasteiger partial charge < -0.3 is 5.73 Å². The number of nitro benzene ring substituents is 1. The molecule has 0 spiro atoms. The van der Waals surface area contributed by atoms with Crippen LogP contribution in [0.4, 0.5) is 5.69 Å². The van der Waals surface area contributed by atoms with E-state index in [1.54, 1.807) is 12.1 Å². The maximum atomic E-state index is 10.8. The number of likely N-dealkylation sites (tertiary alicyclic amines) is 1. The summed E-state index contributed by atoms with van der Waals surface area (Å²) in [6.45, 7) is 3.67. The van der Waals surface area contributed by atoms with E-state index in [1.165, 1.54) is 18.9 Å².